The number of thiazole rings is 1. The number of hydrogen-bond acceptors (Lipinski definition) is 8. The van der Waals surface area contributed by atoms with Crippen molar-refractivity contribution in [2.75, 3.05) is 17.7 Å². The van der Waals surface area contributed by atoms with Crippen LogP contribution in [0.4, 0.5) is 5.13 Å². The maximum Gasteiger partial charge on any atom is 0.311 e. The first-order chi connectivity index (χ1) is 15.5. The molecule has 0 saturated heterocycles. The summed E-state index contributed by atoms with van der Waals surface area (Å²) in [5.74, 6) is -0.117. The van der Waals surface area contributed by atoms with Gasteiger partial charge in [-0.15, -0.1) is 23.1 Å². The second-order valence-corrected chi connectivity index (χ2v) is 8.82. The fourth-order valence-electron chi connectivity index (χ4n) is 2.64. The molecule has 164 valence electrons. The number of rotatable bonds is 9. The van der Waals surface area contributed by atoms with Gasteiger partial charge in [-0.05, 0) is 31.2 Å². The van der Waals surface area contributed by atoms with E-state index in [0.29, 0.717) is 38.8 Å². The molecular weight excluding hydrogens is 468 g/mol. The fourth-order valence-corrected chi connectivity index (χ4v) is 4.41. The number of anilines is 1. The molecule has 1 amide bonds. The molecule has 1 N–H and O–H groups in total. The summed E-state index contributed by atoms with van der Waals surface area (Å²) in [6, 6.07) is 12.9. The van der Waals surface area contributed by atoms with Crippen molar-refractivity contribution in [3.8, 4) is 17.3 Å². The highest BCUT2D eigenvalue weighted by molar-refractivity contribution is 7.99. The summed E-state index contributed by atoms with van der Waals surface area (Å²) in [5, 5.41) is 15.5. The number of hydrogen-bond donors (Lipinski definition) is 1. The van der Waals surface area contributed by atoms with Gasteiger partial charge in [0.05, 0.1) is 30.0 Å². The van der Waals surface area contributed by atoms with Crippen LogP contribution in [0.25, 0.3) is 11.3 Å². The molecule has 1 aromatic carbocycles. The normalized spacial score (nSPS) is 10.4. The third-order valence-electron chi connectivity index (χ3n) is 4.12. The Balaban J connectivity index is 1.55. The number of nitrogens with zero attached hydrogens (tertiary/aromatic N) is 3. The monoisotopic (exact) mass is 486 g/mol. The lowest BCUT2D eigenvalue weighted by molar-refractivity contribution is -0.142. The van der Waals surface area contributed by atoms with Crippen molar-refractivity contribution in [3.05, 3.63) is 58.1 Å². The maximum atomic E-state index is 12.3. The molecule has 10 heteroatoms. The SMILES string of the molecule is CCOC(=O)Cc1csc(NC(=O)CCSc2nc(-c3ccc(Cl)cc3)ccc2C#N)n1. The third-order valence-corrected chi connectivity index (χ3v) is 6.17. The number of carbonyl (C=O) groups is 2. The summed E-state index contributed by atoms with van der Waals surface area (Å²) in [6.07, 6.45) is 0.289. The van der Waals surface area contributed by atoms with Crippen molar-refractivity contribution in [1.29, 1.82) is 5.26 Å². The summed E-state index contributed by atoms with van der Waals surface area (Å²) in [6.45, 7) is 2.06. The Morgan fingerprint density at radius 1 is 1.22 bits per heavy atom. The fraction of sp³-hybridized carbons (Fsp3) is 0.227. The number of benzene rings is 1. The highest BCUT2D eigenvalue weighted by Gasteiger charge is 2.12. The molecule has 0 radical (unpaired) electrons. The number of nitrogens with one attached hydrogen (secondary N) is 1. The summed E-state index contributed by atoms with van der Waals surface area (Å²) in [4.78, 5) is 32.6. The molecule has 0 aliphatic rings. The minimum absolute atomic E-state index is 0.0721. The molecule has 0 fully saturated rings. The molecule has 0 unspecified atom stereocenters. The van der Waals surface area contributed by atoms with Crippen molar-refractivity contribution in [1.82, 2.24) is 9.97 Å². The molecule has 2 heterocycles. The van der Waals surface area contributed by atoms with Gasteiger partial charge in [-0.2, -0.15) is 5.26 Å². The lowest BCUT2D eigenvalue weighted by atomic mass is 10.1. The number of nitriles is 1. The number of pyridine rings is 1. The van der Waals surface area contributed by atoms with Crippen LogP contribution >= 0.6 is 34.7 Å². The van der Waals surface area contributed by atoms with E-state index in [1.54, 1.807) is 36.6 Å². The first kappa shape index (κ1) is 23.7. The van der Waals surface area contributed by atoms with Crippen molar-refractivity contribution in [2.24, 2.45) is 0 Å². The minimum Gasteiger partial charge on any atom is -0.466 e. The van der Waals surface area contributed by atoms with Gasteiger partial charge in [0, 0.05) is 28.1 Å². The van der Waals surface area contributed by atoms with Crippen LogP contribution in [0.3, 0.4) is 0 Å². The zero-order chi connectivity index (χ0) is 22.9. The molecular formula is C22H19ClN4O3S2. The van der Waals surface area contributed by atoms with E-state index >= 15 is 0 Å². The molecule has 0 bridgehead atoms. The van der Waals surface area contributed by atoms with Gasteiger partial charge < -0.3 is 10.1 Å². The molecule has 0 saturated carbocycles. The number of aromatic nitrogens is 2. The van der Waals surface area contributed by atoms with Gasteiger partial charge >= 0.3 is 5.97 Å². The Labute approximate surface area is 198 Å². The van der Waals surface area contributed by atoms with Gasteiger partial charge in [0.25, 0.3) is 0 Å². The van der Waals surface area contributed by atoms with Gasteiger partial charge in [-0.1, -0.05) is 23.7 Å². The molecule has 0 spiro atoms. The van der Waals surface area contributed by atoms with Crippen LogP contribution in [-0.4, -0.2) is 34.2 Å². The van der Waals surface area contributed by atoms with E-state index in [-0.39, 0.29) is 24.7 Å². The number of ether oxygens (including phenoxy) is 1. The largest absolute Gasteiger partial charge is 0.466 e. The van der Waals surface area contributed by atoms with Crippen LogP contribution in [0, 0.1) is 11.3 Å². The highest BCUT2D eigenvalue weighted by Crippen LogP contribution is 2.27. The van der Waals surface area contributed by atoms with Gasteiger partial charge in [-0.25, -0.2) is 9.97 Å². The lowest BCUT2D eigenvalue weighted by Crippen LogP contribution is -2.12. The quantitative estimate of drug-likeness (QED) is 0.336. The Morgan fingerprint density at radius 3 is 2.72 bits per heavy atom. The average Bonchev–Trinajstić information content (AvgIpc) is 3.20. The van der Waals surface area contributed by atoms with E-state index in [0.717, 1.165) is 11.3 Å². The lowest BCUT2D eigenvalue weighted by Gasteiger charge is -2.07. The van der Waals surface area contributed by atoms with Crippen LogP contribution in [0.2, 0.25) is 5.02 Å². The van der Waals surface area contributed by atoms with Crippen LogP contribution in [0.5, 0.6) is 0 Å². The minimum atomic E-state index is -0.353. The smallest absolute Gasteiger partial charge is 0.311 e. The van der Waals surface area contributed by atoms with Crippen molar-refractivity contribution in [2.45, 2.75) is 24.8 Å². The highest BCUT2D eigenvalue weighted by atomic mass is 35.5. The Hall–Kier alpha value is -2.93. The Bertz CT molecular complexity index is 1140. The number of carbonyl (C=O) groups excluding carboxylic acids is 2. The standard InChI is InChI=1S/C22H19ClN4O3S2/c1-2-30-20(29)11-17-13-32-22(25-17)27-19(28)9-10-31-21-15(12-24)5-8-18(26-21)14-3-6-16(23)7-4-14/h3-8,13H,2,9-11H2,1H3,(H,25,27,28). The summed E-state index contributed by atoms with van der Waals surface area (Å²) >= 11 is 8.54. The van der Waals surface area contributed by atoms with Gasteiger partial charge in [0.15, 0.2) is 5.13 Å². The molecule has 3 rings (SSSR count). The first-order valence-electron chi connectivity index (χ1n) is 9.68. The maximum absolute atomic E-state index is 12.3. The van der Waals surface area contributed by atoms with E-state index in [2.05, 4.69) is 21.4 Å². The number of esters is 1. The van der Waals surface area contributed by atoms with Crippen LogP contribution in [0.15, 0.2) is 46.8 Å². The van der Waals surface area contributed by atoms with Gasteiger partial charge in [0.2, 0.25) is 5.91 Å². The van der Waals surface area contributed by atoms with E-state index in [1.165, 1.54) is 23.1 Å². The molecule has 7 nitrogen and oxygen atoms in total. The average molecular weight is 487 g/mol. The predicted octanol–water partition coefficient (Wildman–Crippen LogP) is 4.96. The van der Waals surface area contributed by atoms with E-state index in [1.807, 2.05) is 12.1 Å². The summed E-state index contributed by atoms with van der Waals surface area (Å²) < 4.78 is 4.89. The van der Waals surface area contributed by atoms with E-state index in [9.17, 15) is 14.9 Å². The first-order valence-corrected chi connectivity index (χ1v) is 11.9. The molecule has 32 heavy (non-hydrogen) atoms. The second kappa shape index (κ2) is 11.6. The molecule has 0 aliphatic heterocycles. The van der Waals surface area contributed by atoms with Crippen LogP contribution < -0.4 is 5.32 Å². The molecule has 0 atom stereocenters. The summed E-state index contributed by atoms with van der Waals surface area (Å²) in [7, 11) is 0. The number of amides is 1. The predicted molar refractivity (Wildman–Crippen MR) is 126 cm³/mol. The van der Waals surface area contributed by atoms with Crippen LogP contribution in [0.1, 0.15) is 24.6 Å². The van der Waals surface area contributed by atoms with Gasteiger partial charge in [-0.3, -0.25) is 9.59 Å². The summed E-state index contributed by atoms with van der Waals surface area (Å²) in [5.41, 5.74) is 2.63. The topological polar surface area (TPSA) is 105 Å². The van der Waals surface area contributed by atoms with Crippen molar-refractivity contribution < 1.29 is 14.3 Å². The zero-order valence-electron chi connectivity index (χ0n) is 17.1. The van der Waals surface area contributed by atoms with Crippen molar-refractivity contribution >= 4 is 51.7 Å². The molecule has 2 aromatic heterocycles. The second-order valence-electron chi connectivity index (χ2n) is 6.44. The van der Waals surface area contributed by atoms with E-state index in [4.69, 9.17) is 16.3 Å². The van der Waals surface area contributed by atoms with Gasteiger partial charge in [0.1, 0.15) is 11.1 Å². The van der Waals surface area contributed by atoms with Crippen molar-refractivity contribution in [3.63, 3.8) is 0 Å². The Morgan fingerprint density at radius 2 is 2.00 bits per heavy atom. The Kier molecular flexibility index (Phi) is 8.62. The molecule has 0 aliphatic carbocycles. The van der Waals surface area contributed by atoms with E-state index < -0.39 is 0 Å². The number of halogens is 1. The number of thioether (sulfide) groups is 1. The third kappa shape index (κ3) is 6.79. The zero-order valence-corrected chi connectivity index (χ0v) is 19.5. The van der Waals surface area contributed by atoms with Crippen LogP contribution in [-0.2, 0) is 20.7 Å². The molecule has 3 aromatic rings.